The minimum absolute atomic E-state index is 0.0627. The minimum atomic E-state index is -2.40. The zero-order valence-corrected chi connectivity index (χ0v) is 9.54. The highest BCUT2D eigenvalue weighted by molar-refractivity contribution is 5.13. The third kappa shape index (κ3) is 2.34. The molecule has 0 saturated carbocycles. The van der Waals surface area contributed by atoms with E-state index in [1.165, 1.54) is 6.92 Å². The molecular weight excluding hydrogens is 224 g/mol. The van der Waals surface area contributed by atoms with Gasteiger partial charge in [-0.25, -0.2) is 0 Å². The molecule has 0 aliphatic carbocycles. The van der Waals surface area contributed by atoms with Crippen molar-refractivity contribution in [3.8, 4) is 0 Å². The van der Waals surface area contributed by atoms with Gasteiger partial charge in [-0.2, -0.15) is 0 Å². The second-order valence-corrected chi connectivity index (χ2v) is 4.31. The molecule has 0 radical (unpaired) electrons. The van der Waals surface area contributed by atoms with Crippen molar-refractivity contribution in [1.82, 2.24) is 0 Å². The van der Waals surface area contributed by atoms with Crippen molar-refractivity contribution < 1.29 is 24.8 Å². The fourth-order valence-electron chi connectivity index (χ4n) is 1.69. The summed E-state index contributed by atoms with van der Waals surface area (Å²) < 4.78 is 10.2. The van der Waals surface area contributed by atoms with Gasteiger partial charge in [0.15, 0.2) is 0 Å². The molecule has 2 unspecified atom stereocenters. The fraction of sp³-hybridized carbons (Fsp3) is 0.500. The third-order valence-electron chi connectivity index (χ3n) is 2.94. The smallest absolute Gasteiger partial charge is 0.247 e. The molecule has 0 bridgehead atoms. The van der Waals surface area contributed by atoms with Crippen LogP contribution in [0.1, 0.15) is 12.5 Å². The lowest BCUT2D eigenvalue weighted by atomic mass is 10.1. The van der Waals surface area contributed by atoms with Crippen LogP contribution in [0, 0.1) is 0 Å². The van der Waals surface area contributed by atoms with Crippen molar-refractivity contribution in [3.63, 3.8) is 0 Å². The average Bonchev–Trinajstić information content (AvgIpc) is 2.49. The molecule has 2 rings (SSSR count). The van der Waals surface area contributed by atoms with E-state index in [1.807, 2.05) is 30.3 Å². The van der Waals surface area contributed by atoms with E-state index in [1.54, 1.807) is 0 Å². The third-order valence-corrected chi connectivity index (χ3v) is 2.94. The van der Waals surface area contributed by atoms with Crippen LogP contribution in [0.4, 0.5) is 0 Å². The molecule has 1 heterocycles. The highest BCUT2D eigenvalue weighted by Gasteiger charge is 2.58. The maximum Gasteiger partial charge on any atom is 0.247 e. The molecule has 3 N–H and O–H groups in total. The molecule has 1 aliphatic heterocycles. The van der Waals surface area contributed by atoms with E-state index >= 15 is 0 Å². The van der Waals surface area contributed by atoms with Crippen LogP contribution < -0.4 is 0 Å². The Morgan fingerprint density at radius 2 is 1.94 bits per heavy atom. The molecule has 1 aromatic carbocycles. The predicted molar refractivity (Wildman–Crippen MR) is 58.8 cm³/mol. The Balaban J connectivity index is 1.97. The van der Waals surface area contributed by atoms with Gasteiger partial charge in [0, 0.05) is 0 Å². The van der Waals surface area contributed by atoms with Gasteiger partial charge >= 0.3 is 0 Å². The number of hydrogen-bond donors (Lipinski definition) is 3. The molecule has 1 aliphatic rings. The van der Waals surface area contributed by atoms with Gasteiger partial charge in [0.25, 0.3) is 0 Å². The van der Waals surface area contributed by atoms with Gasteiger partial charge in [-0.15, -0.1) is 0 Å². The normalized spacial score (nSPS) is 31.6. The fourth-order valence-corrected chi connectivity index (χ4v) is 1.69. The quantitative estimate of drug-likeness (QED) is 0.648. The van der Waals surface area contributed by atoms with Crippen LogP contribution in [0.25, 0.3) is 0 Å². The lowest BCUT2D eigenvalue weighted by Gasteiger charge is -2.31. The number of ether oxygens (including phenoxy) is 2. The Morgan fingerprint density at radius 1 is 1.29 bits per heavy atom. The van der Waals surface area contributed by atoms with E-state index in [4.69, 9.17) is 9.47 Å². The Hall–Kier alpha value is -0.980. The monoisotopic (exact) mass is 240 g/mol. The van der Waals surface area contributed by atoms with Crippen LogP contribution in [0.3, 0.4) is 0 Å². The minimum Gasteiger partial charge on any atom is -0.365 e. The van der Waals surface area contributed by atoms with Gasteiger partial charge in [0.1, 0.15) is 6.10 Å². The molecule has 0 amide bonds. The summed E-state index contributed by atoms with van der Waals surface area (Å²) in [5.74, 6) is -4.41. The number of hydrogen-bond acceptors (Lipinski definition) is 5. The second-order valence-electron chi connectivity index (χ2n) is 4.31. The Morgan fingerprint density at radius 3 is 2.47 bits per heavy atom. The van der Waals surface area contributed by atoms with E-state index in [0.717, 1.165) is 5.56 Å². The summed E-state index contributed by atoms with van der Waals surface area (Å²) in [5, 5.41) is 29.0. The first-order valence-corrected chi connectivity index (χ1v) is 5.40. The first-order chi connectivity index (χ1) is 7.93. The van der Waals surface area contributed by atoms with Gasteiger partial charge < -0.3 is 24.8 Å². The second kappa shape index (κ2) is 4.36. The number of aliphatic hydroxyl groups is 3. The van der Waals surface area contributed by atoms with Crippen LogP contribution in [-0.2, 0) is 16.1 Å². The topological polar surface area (TPSA) is 79.2 Å². The van der Waals surface area contributed by atoms with Crippen molar-refractivity contribution in [1.29, 1.82) is 0 Å². The summed E-state index contributed by atoms with van der Waals surface area (Å²) in [6, 6.07) is 9.35. The van der Waals surface area contributed by atoms with Crippen LogP contribution >= 0.6 is 0 Å². The van der Waals surface area contributed by atoms with Crippen LogP contribution in [0.15, 0.2) is 30.3 Å². The van der Waals surface area contributed by atoms with Crippen LogP contribution in [0.2, 0.25) is 0 Å². The van der Waals surface area contributed by atoms with Gasteiger partial charge in [-0.3, -0.25) is 0 Å². The lowest BCUT2D eigenvalue weighted by molar-refractivity contribution is -0.339. The maximum absolute atomic E-state index is 9.72. The highest BCUT2D eigenvalue weighted by Crippen LogP contribution is 2.33. The molecular formula is C12H16O5. The van der Waals surface area contributed by atoms with E-state index in [0.29, 0.717) is 0 Å². The first-order valence-electron chi connectivity index (χ1n) is 5.40. The average molecular weight is 240 g/mol. The van der Waals surface area contributed by atoms with Crippen molar-refractivity contribution in [2.24, 2.45) is 0 Å². The molecule has 5 heteroatoms. The largest absolute Gasteiger partial charge is 0.365 e. The Labute approximate surface area is 99.2 Å². The number of rotatable bonds is 3. The van der Waals surface area contributed by atoms with Crippen molar-refractivity contribution in [2.45, 2.75) is 31.2 Å². The van der Waals surface area contributed by atoms with Gasteiger partial charge in [-0.05, 0) is 12.5 Å². The van der Waals surface area contributed by atoms with Crippen LogP contribution in [-0.4, -0.2) is 39.6 Å². The summed E-state index contributed by atoms with van der Waals surface area (Å²) in [7, 11) is 0. The van der Waals surface area contributed by atoms with Crippen molar-refractivity contribution >= 4 is 0 Å². The molecule has 5 nitrogen and oxygen atoms in total. The summed E-state index contributed by atoms with van der Waals surface area (Å²) >= 11 is 0. The SMILES string of the molecule is CC1(O)OCC(OCc2ccccc2)C1(O)O. The molecule has 1 fully saturated rings. The molecule has 2 atom stereocenters. The summed E-state index contributed by atoms with van der Waals surface area (Å²) in [4.78, 5) is 0. The zero-order chi connectivity index (χ0) is 12.5. The van der Waals surface area contributed by atoms with E-state index < -0.39 is 17.7 Å². The van der Waals surface area contributed by atoms with E-state index in [-0.39, 0.29) is 13.2 Å². The number of benzene rings is 1. The first kappa shape index (κ1) is 12.5. The van der Waals surface area contributed by atoms with E-state index in [9.17, 15) is 15.3 Å². The summed E-state index contributed by atoms with van der Waals surface area (Å²) in [6.07, 6.45) is -0.974. The van der Waals surface area contributed by atoms with Crippen molar-refractivity contribution in [3.05, 3.63) is 35.9 Å². The maximum atomic E-state index is 9.72. The molecule has 17 heavy (non-hydrogen) atoms. The zero-order valence-electron chi connectivity index (χ0n) is 9.54. The Kier molecular flexibility index (Phi) is 3.20. The van der Waals surface area contributed by atoms with Crippen molar-refractivity contribution in [2.75, 3.05) is 6.61 Å². The standard InChI is InChI=1S/C12H16O5/c1-11(13)12(14,15)10(8-17-11)16-7-9-5-3-2-4-6-9/h2-6,10,13-15H,7-8H2,1H3. The van der Waals surface area contributed by atoms with Gasteiger partial charge in [0.2, 0.25) is 11.6 Å². The van der Waals surface area contributed by atoms with E-state index in [2.05, 4.69) is 0 Å². The van der Waals surface area contributed by atoms with Crippen LogP contribution in [0.5, 0.6) is 0 Å². The molecule has 1 saturated heterocycles. The Bertz CT molecular complexity index is 374. The predicted octanol–water partition coefficient (Wildman–Crippen LogP) is -0.00860. The summed E-state index contributed by atoms with van der Waals surface area (Å²) in [6.45, 7) is 1.36. The molecule has 0 aromatic heterocycles. The lowest BCUT2D eigenvalue weighted by Crippen LogP contribution is -2.55. The highest BCUT2D eigenvalue weighted by atomic mass is 16.7. The van der Waals surface area contributed by atoms with Gasteiger partial charge in [0.05, 0.1) is 13.2 Å². The van der Waals surface area contributed by atoms with Gasteiger partial charge in [-0.1, -0.05) is 30.3 Å². The molecule has 0 spiro atoms. The summed E-state index contributed by atoms with van der Waals surface area (Å²) in [5.41, 5.74) is 0.912. The molecule has 94 valence electrons. The molecule has 1 aromatic rings.